The molecule has 1 N–H and O–H groups in total. The molecule has 1 aromatic heterocycles. The first-order chi connectivity index (χ1) is 7.22. The zero-order valence-electron chi connectivity index (χ0n) is 9.55. The highest BCUT2D eigenvalue weighted by Gasteiger charge is 2.02. The molecular formula is C12H20BrNS. The van der Waals surface area contributed by atoms with E-state index < -0.39 is 0 Å². The van der Waals surface area contributed by atoms with Gasteiger partial charge in [0.2, 0.25) is 0 Å². The number of rotatable bonds is 7. The summed E-state index contributed by atoms with van der Waals surface area (Å²) in [6, 6.07) is 4.93. The van der Waals surface area contributed by atoms with Crippen molar-refractivity contribution in [3.8, 4) is 0 Å². The summed E-state index contributed by atoms with van der Waals surface area (Å²) >= 11 is 5.29. The molecule has 0 saturated heterocycles. The number of hydrogen-bond acceptors (Lipinski definition) is 2. The van der Waals surface area contributed by atoms with E-state index in [1.165, 1.54) is 34.3 Å². The maximum atomic E-state index is 3.56. The van der Waals surface area contributed by atoms with Gasteiger partial charge in [-0.2, -0.15) is 0 Å². The van der Waals surface area contributed by atoms with Crippen LogP contribution in [-0.4, -0.2) is 6.04 Å². The molecule has 0 aliphatic heterocycles. The summed E-state index contributed by atoms with van der Waals surface area (Å²) < 4.78 is 1.22. The van der Waals surface area contributed by atoms with Crippen molar-refractivity contribution >= 4 is 27.3 Å². The van der Waals surface area contributed by atoms with Gasteiger partial charge in [-0.3, -0.25) is 0 Å². The molecule has 0 spiro atoms. The van der Waals surface area contributed by atoms with Crippen LogP contribution < -0.4 is 5.32 Å². The Morgan fingerprint density at radius 1 is 1.40 bits per heavy atom. The lowest BCUT2D eigenvalue weighted by molar-refractivity contribution is 0.489. The van der Waals surface area contributed by atoms with Gasteiger partial charge in [-0.15, -0.1) is 11.3 Å². The van der Waals surface area contributed by atoms with Crippen molar-refractivity contribution in [2.75, 3.05) is 0 Å². The van der Waals surface area contributed by atoms with Gasteiger partial charge in [0.1, 0.15) is 0 Å². The number of nitrogens with one attached hydrogen (secondary N) is 1. The second-order valence-corrected chi connectivity index (χ2v) is 6.53. The predicted molar refractivity (Wildman–Crippen MR) is 72.5 cm³/mol. The van der Waals surface area contributed by atoms with Crippen LogP contribution in [0.4, 0.5) is 0 Å². The summed E-state index contributed by atoms with van der Waals surface area (Å²) in [5.41, 5.74) is 0. The Labute approximate surface area is 105 Å². The maximum absolute atomic E-state index is 3.56. The summed E-state index contributed by atoms with van der Waals surface area (Å²) in [6.07, 6.45) is 5.31. The maximum Gasteiger partial charge on any atom is 0.0701 e. The molecule has 0 aliphatic rings. The Bertz CT molecular complexity index is 272. The van der Waals surface area contributed by atoms with E-state index in [4.69, 9.17) is 0 Å². The van der Waals surface area contributed by atoms with Crippen molar-refractivity contribution < 1.29 is 0 Å². The molecule has 0 fully saturated rings. The fourth-order valence-electron chi connectivity index (χ4n) is 1.52. The fourth-order valence-corrected chi connectivity index (χ4v) is 2.96. The number of unbranched alkanes of at least 4 members (excludes halogenated alkanes) is 2. The molecule has 1 heterocycles. The van der Waals surface area contributed by atoms with Crippen molar-refractivity contribution in [1.82, 2.24) is 5.32 Å². The molecule has 0 radical (unpaired) electrons. The molecule has 1 rings (SSSR count). The normalized spacial score (nSPS) is 13.0. The van der Waals surface area contributed by atoms with Crippen LogP contribution in [0.1, 0.15) is 44.4 Å². The third-order valence-corrected chi connectivity index (χ3v) is 4.12. The molecule has 0 aliphatic carbocycles. The first-order valence-corrected chi connectivity index (χ1v) is 7.31. The Balaban J connectivity index is 2.13. The van der Waals surface area contributed by atoms with Gasteiger partial charge in [0.25, 0.3) is 0 Å². The van der Waals surface area contributed by atoms with Crippen molar-refractivity contribution in [2.24, 2.45) is 0 Å². The molecule has 0 amide bonds. The zero-order chi connectivity index (χ0) is 11.1. The Hall–Kier alpha value is 0.140. The molecule has 1 unspecified atom stereocenters. The Morgan fingerprint density at radius 2 is 2.20 bits per heavy atom. The van der Waals surface area contributed by atoms with E-state index >= 15 is 0 Å². The molecular weight excluding hydrogens is 270 g/mol. The lowest BCUT2D eigenvalue weighted by Gasteiger charge is -2.12. The quantitative estimate of drug-likeness (QED) is 0.725. The largest absolute Gasteiger partial charge is 0.309 e. The third kappa shape index (κ3) is 5.69. The van der Waals surface area contributed by atoms with Gasteiger partial charge in [0.15, 0.2) is 0 Å². The first-order valence-electron chi connectivity index (χ1n) is 5.70. The van der Waals surface area contributed by atoms with Crippen LogP contribution >= 0.6 is 27.3 Å². The lowest BCUT2D eigenvalue weighted by atomic mass is 10.1. The minimum atomic E-state index is 0.637. The molecule has 1 nitrogen and oxygen atoms in total. The predicted octanol–water partition coefficient (Wildman–Crippen LogP) is 4.57. The van der Waals surface area contributed by atoms with Gasteiger partial charge < -0.3 is 5.32 Å². The summed E-state index contributed by atoms with van der Waals surface area (Å²) in [4.78, 5) is 1.41. The van der Waals surface area contributed by atoms with Crippen molar-refractivity contribution in [3.63, 3.8) is 0 Å². The SMILES string of the molecule is CCCCCC(C)NCc1ccc(Br)s1. The second kappa shape index (κ2) is 7.42. The number of thiophene rings is 1. The molecule has 86 valence electrons. The van der Waals surface area contributed by atoms with Crippen LogP contribution in [0.3, 0.4) is 0 Å². The standard InChI is InChI=1S/C12H20BrNS/c1-3-4-5-6-10(2)14-9-11-7-8-12(13)15-11/h7-8,10,14H,3-6,9H2,1-2H3. The molecule has 0 bridgehead atoms. The lowest BCUT2D eigenvalue weighted by Crippen LogP contribution is -2.24. The van der Waals surface area contributed by atoms with E-state index in [-0.39, 0.29) is 0 Å². The van der Waals surface area contributed by atoms with E-state index in [0.717, 1.165) is 6.54 Å². The summed E-state index contributed by atoms with van der Waals surface area (Å²) in [5, 5.41) is 3.56. The van der Waals surface area contributed by atoms with E-state index in [0.29, 0.717) is 6.04 Å². The van der Waals surface area contributed by atoms with Gasteiger partial charge >= 0.3 is 0 Å². The molecule has 1 atom stereocenters. The van der Waals surface area contributed by atoms with E-state index in [1.54, 1.807) is 0 Å². The van der Waals surface area contributed by atoms with Gasteiger partial charge in [-0.1, -0.05) is 26.2 Å². The van der Waals surface area contributed by atoms with Crippen LogP contribution in [0.5, 0.6) is 0 Å². The minimum Gasteiger partial charge on any atom is -0.309 e. The van der Waals surface area contributed by atoms with Crippen LogP contribution in [0.25, 0.3) is 0 Å². The first kappa shape index (κ1) is 13.2. The Kier molecular flexibility index (Phi) is 6.53. The van der Waals surface area contributed by atoms with Crippen molar-refractivity contribution in [2.45, 2.75) is 52.1 Å². The van der Waals surface area contributed by atoms with Crippen molar-refractivity contribution in [1.29, 1.82) is 0 Å². The molecule has 0 saturated carbocycles. The molecule has 15 heavy (non-hydrogen) atoms. The fraction of sp³-hybridized carbons (Fsp3) is 0.667. The summed E-state index contributed by atoms with van der Waals surface area (Å²) in [5.74, 6) is 0. The average Bonchev–Trinajstić information content (AvgIpc) is 2.62. The summed E-state index contributed by atoms with van der Waals surface area (Å²) in [6.45, 7) is 5.53. The molecule has 1 aromatic rings. The minimum absolute atomic E-state index is 0.637. The smallest absolute Gasteiger partial charge is 0.0701 e. The van der Waals surface area contributed by atoms with Crippen molar-refractivity contribution in [3.05, 3.63) is 20.8 Å². The average molecular weight is 290 g/mol. The molecule has 0 aromatic carbocycles. The van der Waals surface area contributed by atoms with E-state index in [1.807, 2.05) is 11.3 Å². The van der Waals surface area contributed by atoms with Gasteiger partial charge in [-0.05, 0) is 41.4 Å². The Morgan fingerprint density at radius 3 is 2.80 bits per heavy atom. The third-order valence-electron chi connectivity index (χ3n) is 2.49. The van der Waals surface area contributed by atoms with Gasteiger partial charge in [-0.25, -0.2) is 0 Å². The zero-order valence-corrected chi connectivity index (χ0v) is 12.0. The van der Waals surface area contributed by atoms with Gasteiger partial charge in [0, 0.05) is 17.5 Å². The molecule has 3 heteroatoms. The number of halogens is 1. The highest BCUT2D eigenvalue weighted by atomic mass is 79.9. The van der Waals surface area contributed by atoms with Crippen LogP contribution in [0, 0.1) is 0 Å². The van der Waals surface area contributed by atoms with E-state index in [9.17, 15) is 0 Å². The highest BCUT2D eigenvalue weighted by molar-refractivity contribution is 9.11. The van der Waals surface area contributed by atoms with E-state index in [2.05, 4.69) is 47.2 Å². The topological polar surface area (TPSA) is 12.0 Å². The second-order valence-electron chi connectivity index (χ2n) is 3.98. The number of hydrogen-bond donors (Lipinski definition) is 1. The van der Waals surface area contributed by atoms with Crippen LogP contribution in [-0.2, 0) is 6.54 Å². The monoisotopic (exact) mass is 289 g/mol. The van der Waals surface area contributed by atoms with Crippen LogP contribution in [0.2, 0.25) is 0 Å². The summed E-state index contributed by atoms with van der Waals surface area (Å²) in [7, 11) is 0. The highest BCUT2D eigenvalue weighted by Crippen LogP contribution is 2.21. The van der Waals surface area contributed by atoms with Gasteiger partial charge in [0.05, 0.1) is 3.79 Å². The van der Waals surface area contributed by atoms with Crippen LogP contribution in [0.15, 0.2) is 15.9 Å².